The molecule has 0 unspecified atom stereocenters. The Morgan fingerprint density at radius 2 is 2.33 bits per heavy atom. The molecule has 0 aromatic carbocycles. The van der Waals surface area contributed by atoms with E-state index in [1.807, 2.05) is 0 Å². The van der Waals surface area contributed by atoms with Crippen LogP contribution in [0.25, 0.3) is 0 Å². The molecule has 0 fully saturated rings. The topological polar surface area (TPSA) is 9.23 Å². The number of hydrogen-bond acceptors (Lipinski definition) is 1. The Hall–Kier alpha value is -0.900. The third kappa shape index (κ3) is 7.10. The molecule has 0 aromatic heterocycles. The zero-order valence-electron chi connectivity index (χ0n) is 5.98. The summed E-state index contributed by atoms with van der Waals surface area (Å²) >= 11 is 0. The molecule has 0 rings (SSSR count). The summed E-state index contributed by atoms with van der Waals surface area (Å²) < 4.78 is 4.64. The van der Waals surface area contributed by atoms with Gasteiger partial charge in [0.15, 0.2) is 0 Å². The highest BCUT2D eigenvalue weighted by Crippen LogP contribution is 1.80. The molecule has 50 valence electrons. The van der Waals surface area contributed by atoms with Gasteiger partial charge >= 0.3 is 0 Å². The Morgan fingerprint density at radius 1 is 1.56 bits per heavy atom. The number of rotatable bonds is 2. The molecule has 0 bridgehead atoms. The molecule has 0 aliphatic rings. The zero-order chi connectivity index (χ0) is 6.95. The van der Waals surface area contributed by atoms with Crippen molar-refractivity contribution in [2.45, 2.75) is 19.8 Å². The molecule has 1 nitrogen and oxygen atoms in total. The van der Waals surface area contributed by atoms with Gasteiger partial charge in [-0.05, 0) is 6.42 Å². The molecule has 0 saturated heterocycles. The highest BCUT2D eigenvalue weighted by atomic mass is 16.5. The van der Waals surface area contributed by atoms with Crippen LogP contribution in [0.1, 0.15) is 19.8 Å². The molecule has 0 aliphatic carbocycles. The summed E-state index contributed by atoms with van der Waals surface area (Å²) in [6.07, 6.45) is 5.36. The van der Waals surface area contributed by atoms with Gasteiger partial charge in [0.1, 0.15) is 0 Å². The van der Waals surface area contributed by atoms with E-state index < -0.39 is 0 Å². The maximum atomic E-state index is 4.64. The Morgan fingerprint density at radius 3 is 2.89 bits per heavy atom. The predicted octanol–water partition coefficient (Wildman–Crippen LogP) is 1.95. The first kappa shape index (κ1) is 8.10. The summed E-state index contributed by atoms with van der Waals surface area (Å²) in [5.41, 5.74) is 0. The molecule has 0 N–H and O–H groups in total. The van der Waals surface area contributed by atoms with Gasteiger partial charge < -0.3 is 4.74 Å². The largest absolute Gasteiger partial charge is 0.504 e. The standard InChI is InChI=1S/C8H12O/c1-3-4-5-6-7-8-9-2/h7-8H,3-4H2,1-2H3/b8-7-. The lowest BCUT2D eigenvalue weighted by Crippen LogP contribution is -1.63. The van der Waals surface area contributed by atoms with Gasteiger partial charge in [-0.2, -0.15) is 0 Å². The van der Waals surface area contributed by atoms with Crippen LogP contribution >= 0.6 is 0 Å². The predicted molar refractivity (Wildman–Crippen MR) is 38.8 cm³/mol. The van der Waals surface area contributed by atoms with Gasteiger partial charge in [0.2, 0.25) is 0 Å². The lowest BCUT2D eigenvalue weighted by molar-refractivity contribution is 0.338. The first-order valence-corrected chi connectivity index (χ1v) is 3.08. The highest BCUT2D eigenvalue weighted by molar-refractivity contribution is 5.13. The van der Waals surface area contributed by atoms with Crippen molar-refractivity contribution in [3.63, 3.8) is 0 Å². The SMILES string of the molecule is CCCC#C/C=C\OC. The molecule has 1 heteroatoms. The van der Waals surface area contributed by atoms with E-state index in [0.717, 1.165) is 12.8 Å². The van der Waals surface area contributed by atoms with Crippen LogP contribution in [0.4, 0.5) is 0 Å². The van der Waals surface area contributed by atoms with Gasteiger partial charge in [-0.3, -0.25) is 0 Å². The van der Waals surface area contributed by atoms with Crippen LogP contribution in [-0.2, 0) is 4.74 Å². The minimum atomic E-state index is 0.966. The second-order valence-electron chi connectivity index (χ2n) is 1.61. The van der Waals surface area contributed by atoms with E-state index in [4.69, 9.17) is 0 Å². The molecule has 0 aliphatic heterocycles. The van der Waals surface area contributed by atoms with E-state index in [1.54, 1.807) is 19.4 Å². The number of ether oxygens (including phenoxy) is 1. The summed E-state index contributed by atoms with van der Waals surface area (Å²) in [5, 5.41) is 0. The second kappa shape index (κ2) is 7.10. The third-order valence-electron chi connectivity index (χ3n) is 0.765. The molecule has 0 aromatic rings. The van der Waals surface area contributed by atoms with E-state index in [1.165, 1.54) is 0 Å². The molecule has 9 heavy (non-hydrogen) atoms. The van der Waals surface area contributed by atoms with Crippen molar-refractivity contribution >= 4 is 0 Å². The number of hydrogen-bond donors (Lipinski definition) is 0. The van der Waals surface area contributed by atoms with Crippen LogP contribution in [0, 0.1) is 11.8 Å². The van der Waals surface area contributed by atoms with Crippen molar-refractivity contribution in [2.24, 2.45) is 0 Å². The number of methoxy groups -OCH3 is 1. The van der Waals surface area contributed by atoms with Crippen molar-refractivity contribution in [1.82, 2.24) is 0 Å². The van der Waals surface area contributed by atoms with Crippen molar-refractivity contribution in [2.75, 3.05) is 7.11 Å². The molecule has 0 heterocycles. The van der Waals surface area contributed by atoms with E-state index in [0.29, 0.717) is 0 Å². The Labute approximate surface area is 56.7 Å². The van der Waals surface area contributed by atoms with E-state index in [-0.39, 0.29) is 0 Å². The molecule has 0 amide bonds. The van der Waals surface area contributed by atoms with Crippen molar-refractivity contribution < 1.29 is 4.74 Å². The van der Waals surface area contributed by atoms with Crippen LogP contribution in [0.5, 0.6) is 0 Å². The molecule has 0 saturated carbocycles. The summed E-state index contributed by atoms with van der Waals surface area (Å²) in [6, 6.07) is 0. The number of unbranched alkanes of at least 4 members (excludes halogenated alkanes) is 1. The summed E-state index contributed by atoms with van der Waals surface area (Å²) in [6.45, 7) is 2.11. The van der Waals surface area contributed by atoms with Gasteiger partial charge in [-0.15, -0.1) is 0 Å². The van der Waals surface area contributed by atoms with Gasteiger partial charge in [0, 0.05) is 12.5 Å². The summed E-state index contributed by atoms with van der Waals surface area (Å²) in [4.78, 5) is 0. The van der Waals surface area contributed by atoms with Crippen molar-refractivity contribution in [1.29, 1.82) is 0 Å². The van der Waals surface area contributed by atoms with Gasteiger partial charge in [-0.1, -0.05) is 18.8 Å². The fraction of sp³-hybridized carbons (Fsp3) is 0.500. The van der Waals surface area contributed by atoms with E-state index in [9.17, 15) is 0 Å². The Balaban J connectivity index is 3.25. The van der Waals surface area contributed by atoms with Crippen molar-refractivity contribution in [3.8, 4) is 11.8 Å². The normalized spacial score (nSPS) is 8.67. The first-order chi connectivity index (χ1) is 4.41. The van der Waals surface area contributed by atoms with Crippen LogP contribution in [0.15, 0.2) is 12.3 Å². The fourth-order valence-electron chi connectivity index (χ4n) is 0.358. The molecule has 0 atom stereocenters. The lowest BCUT2D eigenvalue weighted by atomic mass is 10.3. The third-order valence-corrected chi connectivity index (χ3v) is 0.765. The Bertz CT molecular complexity index is 125. The van der Waals surface area contributed by atoms with Gasteiger partial charge in [0.25, 0.3) is 0 Å². The minimum absolute atomic E-state index is 0.966. The fourth-order valence-corrected chi connectivity index (χ4v) is 0.358. The zero-order valence-corrected chi connectivity index (χ0v) is 5.98. The minimum Gasteiger partial charge on any atom is -0.504 e. The monoisotopic (exact) mass is 124 g/mol. The molecular formula is C8H12O. The van der Waals surface area contributed by atoms with Crippen molar-refractivity contribution in [3.05, 3.63) is 12.3 Å². The highest BCUT2D eigenvalue weighted by Gasteiger charge is 1.66. The van der Waals surface area contributed by atoms with Gasteiger partial charge in [-0.25, -0.2) is 0 Å². The van der Waals surface area contributed by atoms with Crippen LogP contribution in [0.3, 0.4) is 0 Å². The van der Waals surface area contributed by atoms with Crippen LogP contribution in [0.2, 0.25) is 0 Å². The molecule has 0 spiro atoms. The average molecular weight is 124 g/mol. The van der Waals surface area contributed by atoms with Crippen LogP contribution in [-0.4, -0.2) is 7.11 Å². The van der Waals surface area contributed by atoms with Gasteiger partial charge in [0.05, 0.1) is 13.4 Å². The maximum absolute atomic E-state index is 4.64. The number of allylic oxidation sites excluding steroid dienone is 1. The van der Waals surface area contributed by atoms with Crippen LogP contribution < -0.4 is 0 Å². The quantitative estimate of drug-likeness (QED) is 0.404. The maximum Gasteiger partial charge on any atom is 0.0908 e. The summed E-state index contributed by atoms with van der Waals surface area (Å²) in [7, 11) is 1.61. The Kier molecular flexibility index (Phi) is 6.39. The van der Waals surface area contributed by atoms with E-state index in [2.05, 4.69) is 23.5 Å². The second-order valence-corrected chi connectivity index (χ2v) is 1.61. The first-order valence-electron chi connectivity index (χ1n) is 3.08. The average Bonchev–Trinajstić information content (AvgIpc) is 1.89. The smallest absolute Gasteiger partial charge is 0.0908 e. The van der Waals surface area contributed by atoms with E-state index >= 15 is 0 Å². The molecule has 0 radical (unpaired) electrons. The molecular weight excluding hydrogens is 112 g/mol. The summed E-state index contributed by atoms with van der Waals surface area (Å²) in [5.74, 6) is 5.78. The lowest BCUT2D eigenvalue weighted by Gasteiger charge is -1.78.